The van der Waals surface area contributed by atoms with Crippen LogP contribution in [0.25, 0.3) is 0 Å². The molecule has 118 valence electrons. The molecule has 0 aliphatic carbocycles. The third kappa shape index (κ3) is 4.71. The molecule has 1 aromatic heterocycles. The first-order valence-corrected chi connectivity index (χ1v) is 7.75. The Morgan fingerprint density at radius 3 is 2.57 bits per heavy atom. The van der Waals surface area contributed by atoms with Crippen LogP contribution >= 0.6 is 11.3 Å². The van der Waals surface area contributed by atoms with E-state index in [-0.39, 0.29) is 12.5 Å². The minimum atomic E-state index is -0.656. The lowest BCUT2D eigenvalue weighted by Crippen LogP contribution is -2.50. The number of aliphatic hydroxyl groups is 1. The van der Waals surface area contributed by atoms with E-state index in [2.05, 4.69) is 16.0 Å². The summed E-state index contributed by atoms with van der Waals surface area (Å²) in [6, 6.07) is 1.27. The van der Waals surface area contributed by atoms with Gasteiger partial charge < -0.3 is 21.1 Å². The van der Waals surface area contributed by atoms with Crippen molar-refractivity contribution < 1.29 is 14.7 Å². The van der Waals surface area contributed by atoms with Gasteiger partial charge >= 0.3 is 6.03 Å². The maximum Gasteiger partial charge on any atom is 0.319 e. The first-order chi connectivity index (χ1) is 9.85. The first kappa shape index (κ1) is 17.5. The topological polar surface area (TPSA) is 90.5 Å². The Morgan fingerprint density at radius 1 is 1.38 bits per heavy atom. The minimum absolute atomic E-state index is 0.135. The number of carbonyl (C=O) groups excluding carboxylic acids is 2. The molecule has 3 amide bonds. The Hall–Kier alpha value is -1.60. The number of rotatable bonds is 6. The molecule has 0 fully saturated rings. The zero-order valence-electron chi connectivity index (χ0n) is 12.9. The van der Waals surface area contributed by atoms with Gasteiger partial charge in [-0.05, 0) is 33.3 Å². The second kappa shape index (κ2) is 7.42. The van der Waals surface area contributed by atoms with Gasteiger partial charge in [0.2, 0.25) is 0 Å². The summed E-state index contributed by atoms with van der Waals surface area (Å²) < 4.78 is 0. The summed E-state index contributed by atoms with van der Waals surface area (Å²) in [5.41, 5.74) is -0.0497. The summed E-state index contributed by atoms with van der Waals surface area (Å²) in [5, 5.41) is 17.5. The van der Waals surface area contributed by atoms with Gasteiger partial charge in [0.25, 0.3) is 5.91 Å². The van der Waals surface area contributed by atoms with Gasteiger partial charge in [-0.2, -0.15) is 0 Å². The molecule has 1 aromatic rings. The largest absolute Gasteiger partial charge is 0.394 e. The van der Waals surface area contributed by atoms with Crippen LogP contribution in [0.5, 0.6) is 0 Å². The Labute approximate surface area is 128 Å². The average molecular weight is 313 g/mol. The highest BCUT2D eigenvalue weighted by atomic mass is 32.1. The molecule has 0 spiro atoms. The zero-order chi connectivity index (χ0) is 16.0. The number of aliphatic hydroxyl groups excluding tert-OH is 1. The Kier molecular flexibility index (Phi) is 6.17. The quantitative estimate of drug-likeness (QED) is 0.648. The monoisotopic (exact) mass is 313 g/mol. The van der Waals surface area contributed by atoms with Crippen molar-refractivity contribution in [2.45, 2.75) is 39.7 Å². The molecule has 1 unspecified atom stereocenters. The van der Waals surface area contributed by atoms with Crippen LogP contribution in [0.3, 0.4) is 0 Å². The molecule has 0 saturated carbocycles. The number of carbonyl (C=O) groups is 2. The highest BCUT2D eigenvalue weighted by Gasteiger charge is 2.23. The van der Waals surface area contributed by atoms with Crippen LogP contribution in [-0.2, 0) is 0 Å². The van der Waals surface area contributed by atoms with Crippen molar-refractivity contribution in [2.24, 2.45) is 0 Å². The molecule has 1 rings (SSSR count). The van der Waals surface area contributed by atoms with Gasteiger partial charge in [-0.3, -0.25) is 4.79 Å². The van der Waals surface area contributed by atoms with Crippen molar-refractivity contribution in [1.29, 1.82) is 0 Å². The second-order valence-electron chi connectivity index (χ2n) is 5.09. The van der Waals surface area contributed by atoms with E-state index in [1.807, 2.05) is 20.8 Å². The van der Waals surface area contributed by atoms with Gasteiger partial charge in [0, 0.05) is 11.4 Å². The van der Waals surface area contributed by atoms with Crippen molar-refractivity contribution in [1.82, 2.24) is 10.6 Å². The molecule has 0 radical (unpaired) electrons. The third-order valence-electron chi connectivity index (χ3n) is 3.27. The fraction of sp³-hybridized carbons (Fsp3) is 0.571. The SMILES string of the molecule is CCNC(=O)c1cc(NC(=O)NC(C)(CC)CO)c(C)s1. The first-order valence-electron chi connectivity index (χ1n) is 6.93. The van der Waals surface area contributed by atoms with Gasteiger partial charge in [0.05, 0.1) is 22.7 Å². The molecule has 21 heavy (non-hydrogen) atoms. The van der Waals surface area contributed by atoms with Gasteiger partial charge in [-0.1, -0.05) is 6.92 Å². The van der Waals surface area contributed by atoms with Gasteiger partial charge in [0.1, 0.15) is 0 Å². The van der Waals surface area contributed by atoms with Crippen LogP contribution in [0, 0.1) is 6.92 Å². The summed E-state index contributed by atoms with van der Waals surface area (Å²) in [6.45, 7) is 7.78. The molecule has 1 atom stereocenters. The van der Waals surface area contributed by atoms with E-state index in [1.54, 1.807) is 13.0 Å². The summed E-state index contributed by atoms with van der Waals surface area (Å²) in [5.74, 6) is -0.146. The number of aryl methyl sites for hydroxylation is 1. The number of urea groups is 1. The predicted octanol–water partition coefficient (Wildman–Crippen LogP) is 2.09. The molecule has 0 bridgehead atoms. The molecule has 4 N–H and O–H groups in total. The number of thiophene rings is 1. The van der Waals surface area contributed by atoms with E-state index < -0.39 is 11.6 Å². The zero-order valence-corrected chi connectivity index (χ0v) is 13.7. The maximum atomic E-state index is 12.0. The van der Waals surface area contributed by atoms with Crippen LogP contribution in [-0.4, -0.2) is 35.7 Å². The fourth-order valence-electron chi connectivity index (χ4n) is 1.63. The maximum absolute atomic E-state index is 12.0. The molecule has 1 heterocycles. The van der Waals surface area contributed by atoms with Crippen LogP contribution in [0.15, 0.2) is 6.07 Å². The minimum Gasteiger partial charge on any atom is -0.394 e. The molecule has 0 saturated heterocycles. The normalized spacial score (nSPS) is 13.4. The molecular formula is C14H23N3O3S. The Bertz CT molecular complexity index is 510. The van der Waals surface area contributed by atoms with E-state index in [4.69, 9.17) is 0 Å². The summed E-state index contributed by atoms with van der Waals surface area (Å²) in [6.07, 6.45) is 0.615. The van der Waals surface area contributed by atoms with Crippen molar-refractivity contribution in [2.75, 3.05) is 18.5 Å². The standard InChI is InChI=1S/C14H23N3O3S/c1-5-14(4,8-18)17-13(20)16-10-7-11(21-9(10)3)12(19)15-6-2/h7,18H,5-6,8H2,1-4H3,(H,15,19)(H2,16,17,20). The molecular weight excluding hydrogens is 290 g/mol. The van der Waals surface area contributed by atoms with Crippen LogP contribution in [0.2, 0.25) is 0 Å². The number of amides is 3. The molecule has 7 heteroatoms. The average Bonchev–Trinajstić information content (AvgIpc) is 2.80. The number of anilines is 1. The molecule has 0 aliphatic rings. The Morgan fingerprint density at radius 2 is 2.05 bits per heavy atom. The highest BCUT2D eigenvalue weighted by molar-refractivity contribution is 7.14. The van der Waals surface area contributed by atoms with Gasteiger partial charge in [-0.25, -0.2) is 4.79 Å². The number of hydrogen-bond donors (Lipinski definition) is 4. The smallest absolute Gasteiger partial charge is 0.319 e. The van der Waals surface area contributed by atoms with Gasteiger partial charge in [-0.15, -0.1) is 11.3 Å². The van der Waals surface area contributed by atoms with E-state index >= 15 is 0 Å². The van der Waals surface area contributed by atoms with Crippen LogP contribution < -0.4 is 16.0 Å². The molecule has 6 nitrogen and oxygen atoms in total. The van der Waals surface area contributed by atoms with Crippen molar-refractivity contribution in [3.05, 3.63) is 15.8 Å². The summed E-state index contributed by atoms with van der Waals surface area (Å²) in [7, 11) is 0. The molecule has 0 aliphatic heterocycles. The van der Waals surface area contributed by atoms with E-state index in [9.17, 15) is 14.7 Å². The summed E-state index contributed by atoms with van der Waals surface area (Å²) in [4.78, 5) is 25.1. The van der Waals surface area contributed by atoms with Crippen molar-refractivity contribution in [3.8, 4) is 0 Å². The lowest BCUT2D eigenvalue weighted by atomic mass is 10.0. The van der Waals surface area contributed by atoms with Crippen molar-refractivity contribution in [3.63, 3.8) is 0 Å². The number of hydrogen-bond acceptors (Lipinski definition) is 4. The number of nitrogens with one attached hydrogen (secondary N) is 3. The second-order valence-corrected chi connectivity index (χ2v) is 6.35. The van der Waals surface area contributed by atoms with E-state index in [0.717, 1.165) is 4.88 Å². The van der Waals surface area contributed by atoms with E-state index in [1.165, 1.54) is 11.3 Å². The fourth-order valence-corrected chi connectivity index (χ4v) is 2.52. The molecule has 0 aromatic carbocycles. The van der Waals surface area contributed by atoms with Crippen molar-refractivity contribution >= 4 is 29.0 Å². The lowest BCUT2D eigenvalue weighted by Gasteiger charge is -2.27. The highest BCUT2D eigenvalue weighted by Crippen LogP contribution is 2.26. The van der Waals surface area contributed by atoms with Gasteiger partial charge in [0.15, 0.2) is 0 Å². The van der Waals surface area contributed by atoms with E-state index in [0.29, 0.717) is 23.5 Å². The Balaban J connectivity index is 2.75. The summed E-state index contributed by atoms with van der Waals surface area (Å²) >= 11 is 1.33. The van der Waals surface area contributed by atoms with Crippen LogP contribution in [0.1, 0.15) is 41.7 Å². The lowest BCUT2D eigenvalue weighted by molar-refractivity contribution is 0.0960. The third-order valence-corrected chi connectivity index (χ3v) is 4.32. The van der Waals surface area contributed by atoms with Crippen LogP contribution in [0.4, 0.5) is 10.5 Å². The predicted molar refractivity (Wildman–Crippen MR) is 85.0 cm³/mol.